The number of nitrogens with one attached hydrogen (secondary N) is 1. The number of aryl methyl sites for hydroxylation is 1. The SMILES string of the molecule is Cc1nc(N2CCSC(C)(C)C2)sc1CNCC(C)C. The average Bonchev–Trinajstić information content (AvgIpc) is 2.69. The lowest BCUT2D eigenvalue weighted by Crippen LogP contribution is -2.43. The quantitative estimate of drug-likeness (QED) is 0.900. The number of anilines is 1. The third-order valence-corrected chi connectivity index (χ3v) is 5.93. The van der Waals surface area contributed by atoms with Crippen molar-refractivity contribution in [1.29, 1.82) is 0 Å². The second kappa shape index (κ2) is 6.67. The monoisotopic (exact) mass is 313 g/mol. The van der Waals surface area contributed by atoms with Gasteiger partial charge in [-0.15, -0.1) is 11.3 Å². The summed E-state index contributed by atoms with van der Waals surface area (Å²) in [4.78, 5) is 8.64. The van der Waals surface area contributed by atoms with Gasteiger partial charge in [0.25, 0.3) is 0 Å². The molecular weight excluding hydrogens is 286 g/mol. The molecule has 1 saturated heterocycles. The van der Waals surface area contributed by atoms with Gasteiger partial charge in [-0.05, 0) is 33.2 Å². The number of thiazole rings is 1. The molecule has 0 aliphatic carbocycles. The Morgan fingerprint density at radius 3 is 2.80 bits per heavy atom. The van der Waals surface area contributed by atoms with Crippen LogP contribution in [0.1, 0.15) is 38.3 Å². The van der Waals surface area contributed by atoms with Crippen LogP contribution in [0.4, 0.5) is 5.13 Å². The van der Waals surface area contributed by atoms with Gasteiger partial charge in [-0.3, -0.25) is 0 Å². The summed E-state index contributed by atoms with van der Waals surface area (Å²) in [6, 6.07) is 0. The molecule has 1 aromatic rings. The van der Waals surface area contributed by atoms with Gasteiger partial charge in [0, 0.05) is 35.0 Å². The van der Waals surface area contributed by atoms with E-state index in [9.17, 15) is 0 Å². The Labute approximate surface area is 131 Å². The Balaban J connectivity index is 1.99. The molecule has 1 aromatic heterocycles. The smallest absolute Gasteiger partial charge is 0.185 e. The van der Waals surface area contributed by atoms with Crippen molar-refractivity contribution in [3.63, 3.8) is 0 Å². The maximum atomic E-state index is 4.79. The Morgan fingerprint density at radius 1 is 1.40 bits per heavy atom. The molecule has 0 spiro atoms. The zero-order valence-electron chi connectivity index (χ0n) is 13.3. The molecule has 0 saturated carbocycles. The lowest BCUT2D eigenvalue weighted by Gasteiger charge is -2.37. The lowest BCUT2D eigenvalue weighted by atomic mass is 10.2. The minimum Gasteiger partial charge on any atom is -0.346 e. The molecule has 0 unspecified atom stereocenters. The highest BCUT2D eigenvalue weighted by Crippen LogP contribution is 2.34. The predicted molar refractivity (Wildman–Crippen MR) is 92.1 cm³/mol. The molecule has 1 fully saturated rings. The summed E-state index contributed by atoms with van der Waals surface area (Å²) in [5, 5.41) is 4.73. The minimum absolute atomic E-state index is 0.341. The number of nitrogens with zero attached hydrogens (tertiary/aromatic N) is 2. The first-order valence-electron chi connectivity index (χ1n) is 7.43. The molecule has 0 atom stereocenters. The molecule has 114 valence electrons. The van der Waals surface area contributed by atoms with Gasteiger partial charge in [0.15, 0.2) is 5.13 Å². The van der Waals surface area contributed by atoms with Gasteiger partial charge >= 0.3 is 0 Å². The number of hydrogen-bond donors (Lipinski definition) is 1. The van der Waals surface area contributed by atoms with Crippen molar-refractivity contribution in [2.75, 3.05) is 30.3 Å². The topological polar surface area (TPSA) is 28.2 Å². The van der Waals surface area contributed by atoms with Crippen LogP contribution >= 0.6 is 23.1 Å². The summed E-state index contributed by atoms with van der Waals surface area (Å²) >= 11 is 3.93. The van der Waals surface area contributed by atoms with Crippen LogP contribution in [0.2, 0.25) is 0 Å². The Hall–Kier alpha value is -0.260. The van der Waals surface area contributed by atoms with Gasteiger partial charge in [-0.1, -0.05) is 13.8 Å². The van der Waals surface area contributed by atoms with Crippen molar-refractivity contribution in [2.45, 2.75) is 45.9 Å². The van der Waals surface area contributed by atoms with E-state index in [1.54, 1.807) is 0 Å². The van der Waals surface area contributed by atoms with E-state index in [0.29, 0.717) is 10.7 Å². The third-order valence-electron chi connectivity index (χ3n) is 3.42. The molecule has 1 N–H and O–H groups in total. The van der Waals surface area contributed by atoms with Crippen molar-refractivity contribution in [1.82, 2.24) is 10.3 Å². The number of hydrogen-bond acceptors (Lipinski definition) is 5. The average molecular weight is 314 g/mol. The molecule has 0 amide bonds. The van der Waals surface area contributed by atoms with Crippen molar-refractivity contribution in [3.05, 3.63) is 10.6 Å². The second-order valence-corrected chi connectivity index (χ2v) is 9.42. The molecule has 3 nitrogen and oxygen atoms in total. The predicted octanol–water partition coefficient (Wildman–Crippen LogP) is 3.53. The second-order valence-electron chi connectivity index (χ2n) is 6.56. The molecule has 1 aliphatic heterocycles. The molecule has 2 rings (SSSR count). The molecule has 0 radical (unpaired) electrons. The van der Waals surface area contributed by atoms with Gasteiger partial charge in [-0.25, -0.2) is 4.98 Å². The first kappa shape index (κ1) is 16.1. The summed E-state index contributed by atoms with van der Waals surface area (Å²) < 4.78 is 0.341. The summed E-state index contributed by atoms with van der Waals surface area (Å²) in [7, 11) is 0. The van der Waals surface area contributed by atoms with Crippen molar-refractivity contribution >= 4 is 28.2 Å². The largest absolute Gasteiger partial charge is 0.346 e. The Morgan fingerprint density at radius 2 is 2.15 bits per heavy atom. The van der Waals surface area contributed by atoms with Crippen molar-refractivity contribution in [3.8, 4) is 0 Å². The van der Waals surface area contributed by atoms with E-state index in [-0.39, 0.29) is 0 Å². The fourth-order valence-corrected chi connectivity index (χ4v) is 4.53. The van der Waals surface area contributed by atoms with Crippen LogP contribution in [-0.2, 0) is 6.54 Å². The molecule has 5 heteroatoms. The van der Waals surface area contributed by atoms with Crippen molar-refractivity contribution < 1.29 is 0 Å². The van der Waals surface area contributed by atoms with E-state index >= 15 is 0 Å². The molecule has 0 bridgehead atoms. The van der Waals surface area contributed by atoms with E-state index in [1.807, 2.05) is 11.3 Å². The first-order valence-corrected chi connectivity index (χ1v) is 9.23. The Bertz CT molecular complexity index is 440. The Kier molecular flexibility index (Phi) is 5.37. The van der Waals surface area contributed by atoms with E-state index in [1.165, 1.54) is 21.5 Å². The maximum Gasteiger partial charge on any atom is 0.185 e. The number of thioether (sulfide) groups is 1. The zero-order valence-corrected chi connectivity index (χ0v) is 15.0. The number of aromatic nitrogens is 1. The van der Waals surface area contributed by atoms with E-state index < -0.39 is 0 Å². The summed E-state index contributed by atoms with van der Waals surface area (Å²) in [5.41, 5.74) is 1.19. The van der Waals surface area contributed by atoms with Gasteiger partial charge in [0.2, 0.25) is 0 Å². The van der Waals surface area contributed by atoms with Gasteiger partial charge < -0.3 is 10.2 Å². The van der Waals surface area contributed by atoms with Crippen LogP contribution in [0.25, 0.3) is 0 Å². The summed E-state index contributed by atoms with van der Waals surface area (Å²) in [6.45, 7) is 15.5. The van der Waals surface area contributed by atoms with Crippen LogP contribution in [0.15, 0.2) is 0 Å². The van der Waals surface area contributed by atoms with E-state index in [0.717, 1.165) is 26.2 Å². The van der Waals surface area contributed by atoms with Gasteiger partial charge in [0.05, 0.1) is 5.69 Å². The first-order chi connectivity index (χ1) is 9.37. The fraction of sp³-hybridized carbons (Fsp3) is 0.800. The van der Waals surface area contributed by atoms with E-state index in [4.69, 9.17) is 4.98 Å². The lowest BCUT2D eigenvalue weighted by molar-refractivity contribution is 0.554. The zero-order chi connectivity index (χ0) is 14.8. The van der Waals surface area contributed by atoms with Gasteiger partial charge in [0.1, 0.15) is 0 Å². The molecule has 2 heterocycles. The van der Waals surface area contributed by atoms with Crippen LogP contribution in [0, 0.1) is 12.8 Å². The number of rotatable bonds is 5. The standard InChI is InChI=1S/C15H27N3S2/c1-11(2)8-16-9-13-12(3)17-14(20-13)18-6-7-19-15(4,5)10-18/h11,16H,6-10H2,1-5H3. The van der Waals surface area contributed by atoms with Crippen LogP contribution in [0.3, 0.4) is 0 Å². The molecule has 20 heavy (non-hydrogen) atoms. The van der Waals surface area contributed by atoms with Crippen molar-refractivity contribution in [2.24, 2.45) is 5.92 Å². The summed E-state index contributed by atoms with van der Waals surface area (Å²) in [6.07, 6.45) is 0. The normalized spacial score (nSPS) is 18.8. The molecule has 1 aliphatic rings. The van der Waals surface area contributed by atoms with E-state index in [2.05, 4.69) is 56.6 Å². The highest BCUT2D eigenvalue weighted by atomic mass is 32.2. The van der Waals surface area contributed by atoms with Crippen LogP contribution in [-0.4, -0.2) is 35.1 Å². The summed E-state index contributed by atoms with van der Waals surface area (Å²) in [5.74, 6) is 1.90. The highest BCUT2D eigenvalue weighted by Gasteiger charge is 2.28. The maximum absolute atomic E-state index is 4.79. The highest BCUT2D eigenvalue weighted by molar-refractivity contribution is 8.00. The van der Waals surface area contributed by atoms with Gasteiger partial charge in [-0.2, -0.15) is 11.8 Å². The third kappa shape index (κ3) is 4.37. The van der Waals surface area contributed by atoms with Crippen LogP contribution in [0.5, 0.6) is 0 Å². The molecular formula is C15H27N3S2. The fourth-order valence-electron chi connectivity index (χ4n) is 2.37. The minimum atomic E-state index is 0.341. The molecule has 0 aromatic carbocycles. The van der Waals surface area contributed by atoms with Crippen LogP contribution < -0.4 is 10.2 Å².